The largest absolute Gasteiger partial charge is 0.493 e. The number of nitrogens with one attached hydrogen (secondary N) is 1. The fourth-order valence-corrected chi connectivity index (χ4v) is 2.53. The molecule has 0 radical (unpaired) electrons. The molecule has 4 heteroatoms. The van der Waals surface area contributed by atoms with Crippen molar-refractivity contribution in [3.05, 3.63) is 28.3 Å². The zero-order valence-corrected chi connectivity index (χ0v) is 13.1. The van der Waals surface area contributed by atoms with Gasteiger partial charge in [-0.1, -0.05) is 25.4 Å². The summed E-state index contributed by atoms with van der Waals surface area (Å²) in [4.78, 5) is 0. The molecule has 0 amide bonds. The lowest BCUT2D eigenvalue weighted by molar-refractivity contribution is 0.125. The summed E-state index contributed by atoms with van der Waals surface area (Å²) in [5.41, 5.74) is 2.37. The van der Waals surface area contributed by atoms with E-state index in [1.807, 2.05) is 12.1 Å². The highest BCUT2D eigenvalue weighted by atomic mass is 35.5. The van der Waals surface area contributed by atoms with Crippen LogP contribution in [0.25, 0.3) is 0 Å². The normalized spacial score (nSPS) is 13.6. The van der Waals surface area contributed by atoms with E-state index in [0.29, 0.717) is 5.92 Å². The van der Waals surface area contributed by atoms with Gasteiger partial charge in [-0.25, -0.2) is 0 Å². The summed E-state index contributed by atoms with van der Waals surface area (Å²) in [7, 11) is 0. The van der Waals surface area contributed by atoms with Crippen LogP contribution in [0.3, 0.4) is 0 Å². The quantitative estimate of drug-likeness (QED) is 0.746. The van der Waals surface area contributed by atoms with Crippen molar-refractivity contribution in [1.29, 1.82) is 0 Å². The predicted octanol–water partition coefficient (Wildman–Crippen LogP) is 3.43. The first-order chi connectivity index (χ1) is 9.66. The molecule has 1 aliphatic heterocycles. The summed E-state index contributed by atoms with van der Waals surface area (Å²) in [6.45, 7) is 8.39. The lowest BCUT2D eigenvalue weighted by Gasteiger charge is -2.11. The van der Waals surface area contributed by atoms with Crippen LogP contribution in [0, 0.1) is 5.92 Å². The van der Waals surface area contributed by atoms with Crippen LogP contribution in [0.4, 0.5) is 0 Å². The second kappa shape index (κ2) is 7.87. The number of halogens is 1. The molecule has 0 spiro atoms. The van der Waals surface area contributed by atoms with Crippen molar-refractivity contribution < 1.29 is 9.47 Å². The predicted molar refractivity (Wildman–Crippen MR) is 82.6 cm³/mol. The molecule has 1 heterocycles. The minimum Gasteiger partial charge on any atom is -0.493 e. The Kier molecular flexibility index (Phi) is 6.14. The van der Waals surface area contributed by atoms with E-state index in [9.17, 15) is 0 Å². The molecule has 112 valence electrons. The third-order valence-electron chi connectivity index (χ3n) is 3.40. The monoisotopic (exact) mass is 297 g/mol. The van der Waals surface area contributed by atoms with Crippen LogP contribution in [-0.4, -0.2) is 26.4 Å². The summed E-state index contributed by atoms with van der Waals surface area (Å²) >= 11 is 6.13. The lowest BCUT2D eigenvalue weighted by atomic mass is 10.1. The highest BCUT2D eigenvalue weighted by Crippen LogP contribution is 2.32. The molecule has 1 N–H and O–H groups in total. The van der Waals surface area contributed by atoms with Gasteiger partial charge in [-0.3, -0.25) is 0 Å². The van der Waals surface area contributed by atoms with Gasteiger partial charge in [0.15, 0.2) is 0 Å². The molecule has 0 saturated heterocycles. The van der Waals surface area contributed by atoms with Gasteiger partial charge in [-0.05, 0) is 30.0 Å². The standard InChI is InChI=1S/C16H24ClNO2/c1-12(2)3-6-19-8-5-18-11-14-10-15(17)9-13-4-7-20-16(13)14/h9-10,12,18H,3-8,11H2,1-2H3. The molecular weight excluding hydrogens is 274 g/mol. The van der Waals surface area contributed by atoms with Crippen molar-refractivity contribution in [2.24, 2.45) is 5.92 Å². The Balaban J connectivity index is 1.70. The van der Waals surface area contributed by atoms with Crippen LogP contribution in [0.15, 0.2) is 12.1 Å². The molecule has 1 aromatic carbocycles. The number of ether oxygens (including phenoxy) is 2. The van der Waals surface area contributed by atoms with Crippen LogP contribution >= 0.6 is 11.6 Å². The van der Waals surface area contributed by atoms with Gasteiger partial charge in [0.05, 0.1) is 13.2 Å². The maximum absolute atomic E-state index is 6.13. The Labute approximate surface area is 126 Å². The lowest BCUT2D eigenvalue weighted by Crippen LogP contribution is -2.20. The number of hydrogen-bond donors (Lipinski definition) is 1. The number of benzene rings is 1. The Morgan fingerprint density at radius 2 is 2.20 bits per heavy atom. The topological polar surface area (TPSA) is 30.5 Å². The van der Waals surface area contributed by atoms with E-state index >= 15 is 0 Å². The zero-order valence-electron chi connectivity index (χ0n) is 12.4. The van der Waals surface area contributed by atoms with Gasteiger partial charge >= 0.3 is 0 Å². The fraction of sp³-hybridized carbons (Fsp3) is 0.625. The van der Waals surface area contributed by atoms with Crippen molar-refractivity contribution >= 4 is 11.6 Å². The number of fused-ring (bicyclic) bond motifs is 1. The number of hydrogen-bond acceptors (Lipinski definition) is 3. The van der Waals surface area contributed by atoms with Crippen molar-refractivity contribution in [3.63, 3.8) is 0 Å². The fourth-order valence-electron chi connectivity index (χ4n) is 2.27. The zero-order chi connectivity index (χ0) is 14.4. The van der Waals surface area contributed by atoms with Crippen molar-refractivity contribution in [1.82, 2.24) is 5.32 Å². The molecule has 0 unspecified atom stereocenters. The Morgan fingerprint density at radius 3 is 3.00 bits per heavy atom. The SMILES string of the molecule is CC(C)CCOCCNCc1cc(Cl)cc2c1OCC2. The minimum atomic E-state index is 0.703. The van der Waals surface area contributed by atoms with E-state index in [4.69, 9.17) is 21.1 Å². The summed E-state index contributed by atoms with van der Waals surface area (Å²) < 4.78 is 11.3. The van der Waals surface area contributed by atoms with Crippen molar-refractivity contribution in [3.8, 4) is 5.75 Å². The average molecular weight is 298 g/mol. The molecule has 0 atom stereocenters. The molecule has 20 heavy (non-hydrogen) atoms. The van der Waals surface area contributed by atoms with Gasteiger partial charge in [0.25, 0.3) is 0 Å². The molecule has 1 aromatic rings. The Morgan fingerprint density at radius 1 is 1.35 bits per heavy atom. The van der Waals surface area contributed by atoms with E-state index in [-0.39, 0.29) is 0 Å². The second-order valence-corrected chi connectivity index (χ2v) is 6.06. The molecule has 0 bridgehead atoms. The van der Waals surface area contributed by atoms with E-state index < -0.39 is 0 Å². The Hall–Kier alpha value is -0.770. The first kappa shape index (κ1) is 15.6. The van der Waals surface area contributed by atoms with Crippen LogP contribution in [0.2, 0.25) is 5.02 Å². The van der Waals surface area contributed by atoms with Gasteiger partial charge in [0, 0.05) is 36.7 Å². The van der Waals surface area contributed by atoms with Gasteiger partial charge in [-0.2, -0.15) is 0 Å². The summed E-state index contributed by atoms with van der Waals surface area (Å²) in [5.74, 6) is 1.72. The molecule has 0 aromatic heterocycles. The third kappa shape index (κ3) is 4.65. The smallest absolute Gasteiger partial charge is 0.127 e. The molecule has 3 nitrogen and oxygen atoms in total. The van der Waals surface area contributed by atoms with Gasteiger partial charge < -0.3 is 14.8 Å². The molecular formula is C16H24ClNO2. The molecule has 2 rings (SSSR count). The van der Waals surface area contributed by atoms with Crippen molar-refractivity contribution in [2.75, 3.05) is 26.4 Å². The summed E-state index contributed by atoms with van der Waals surface area (Å²) in [6, 6.07) is 3.99. The van der Waals surface area contributed by atoms with E-state index in [0.717, 1.165) is 62.1 Å². The van der Waals surface area contributed by atoms with Gasteiger partial charge in [0.1, 0.15) is 5.75 Å². The highest BCUT2D eigenvalue weighted by molar-refractivity contribution is 6.30. The highest BCUT2D eigenvalue weighted by Gasteiger charge is 2.17. The van der Waals surface area contributed by atoms with Gasteiger partial charge in [0.2, 0.25) is 0 Å². The molecule has 0 aliphatic carbocycles. The minimum absolute atomic E-state index is 0.703. The van der Waals surface area contributed by atoms with Crippen molar-refractivity contribution in [2.45, 2.75) is 33.2 Å². The maximum atomic E-state index is 6.13. The molecule has 0 saturated carbocycles. The first-order valence-electron chi connectivity index (χ1n) is 7.39. The van der Waals surface area contributed by atoms with Crippen LogP contribution in [0.5, 0.6) is 5.75 Å². The summed E-state index contributed by atoms with van der Waals surface area (Å²) in [6.07, 6.45) is 2.08. The Bertz CT molecular complexity index is 435. The van der Waals surface area contributed by atoms with Crippen LogP contribution in [0.1, 0.15) is 31.4 Å². The van der Waals surface area contributed by atoms with Gasteiger partial charge in [-0.15, -0.1) is 0 Å². The summed E-state index contributed by atoms with van der Waals surface area (Å²) in [5, 5.41) is 4.17. The molecule has 0 fully saturated rings. The average Bonchev–Trinajstić information content (AvgIpc) is 2.85. The third-order valence-corrected chi connectivity index (χ3v) is 3.62. The maximum Gasteiger partial charge on any atom is 0.127 e. The van der Waals surface area contributed by atoms with E-state index in [1.165, 1.54) is 5.56 Å². The van der Waals surface area contributed by atoms with Crippen LogP contribution in [-0.2, 0) is 17.7 Å². The van der Waals surface area contributed by atoms with E-state index in [2.05, 4.69) is 19.2 Å². The molecule has 1 aliphatic rings. The van der Waals surface area contributed by atoms with E-state index in [1.54, 1.807) is 0 Å². The second-order valence-electron chi connectivity index (χ2n) is 5.62. The number of rotatable bonds is 8. The first-order valence-corrected chi connectivity index (χ1v) is 7.77. The van der Waals surface area contributed by atoms with Crippen LogP contribution < -0.4 is 10.1 Å².